The summed E-state index contributed by atoms with van der Waals surface area (Å²) in [6.45, 7) is 3.61. The van der Waals surface area contributed by atoms with Crippen LogP contribution in [0.4, 0.5) is 0 Å². The monoisotopic (exact) mass is 210 g/mol. The molecule has 1 aromatic rings. The summed E-state index contributed by atoms with van der Waals surface area (Å²) >= 11 is 0. The van der Waals surface area contributed by atoms with Crippen LogP contribution >= 0.6 is 0 Å². The Morgan fingerprint density at radius 2 is 2.14 bits per heavy atom. The van der Waals surface area contributed by atoms with E-state index in [1.807, 2.05) is 6.92 Å². The number of sulfonamides is 1. The van der Waals surface area contributed by atoms with Crippen LogP contribution in [0.3, 0.4) is 0 Å². The fourth-order valence-corrected chi connectivity index (χ4v) is 2.71. The Hall–Kier alpha value is -1.23. The zero-order chi connectivity index (χ0) is 10.3. The third-order valence-corrected chi connectivity index (χ3v) is 3.58. The van der Waals surface area contributed by atoms with E-state index < -0.39 is 10.0 Å². The van der Waals surface area contributed by atoms with Gasteiger partial charge in [0.2, 0.25) is 0 Å². The van der Waals surface area contributed by atoms with E-state index in [1.165, 1.54) is 0 Å². The van der Waals surface area contributed by atoms with Crippen molar-refractivity contribution in [3.05, 3.63) is 23.5 Å². The van der Waals surface area contributed by atoms with Gasteiger partial charge in [-0.1, -0.05) is 6.92 Å². The molecule has 1 aliphatic rings. The number of aromatic nitrogens is 1. The summed E-state index contributed by atoms with van der Waals surface area (Å²) in [5.74, 6) is 0. The van der Waals surface area contributed by atoms with Crippen molar-refractivity contribution < 1.29 is 8.42 Å². The Bertz CT molecular complexity index is 518. The third kappa shape index (κ3) is 1.24. The molecule has 0 atom stereocenters. The average molecular weight is 210 g/mol. The molecule has 2 heterocycles. The van der Waals surface area contributed by atoms with Crippen molar-refractivity contribution >= 4 is 15.7 Å². The summed E-state index contributed by atoms with van der Waals surface area (Å²) in [5.41, 5.74) is 1.88. The minimum Gasteiger partial charge on any atom is -0.253 e. The zero-order valence-corrected chi connectivity index (χ0v) is 8.80. The number of aryl methyl sites for hydroxylation is 1. The molecule has 74 valence electrons. The quantitative estimate of drug-likeness (QED) is 0.698. The molecule has 4 nitrogen and oxygen atoms in total. The number of fused-ring (bicyclic) bond motifs is 1. The molecule has 14 heavy (non-hydrogen) atoms. The van der Waals surface area contributed by atoms with Gasteiger partial charge in [0.05, 0.1) is 5.71 Å². The number of hydrogen-bond donors (Lipinski definition) is 0. The maximum Gasteiger partial charge on any atom is 0.284 e. The largest absolute Gasteiger partial charge is 0.284 e. The summed E-state index contributed by atoms with van der Waals surface area (Å²) in [4.78, 5) is 4.34. The predicted molar refractivity (Wildman–Crippen MR) is 53.0 cm³/mol. The summed E-state index contributed by atoms with van der Waals surface area (Å²) in [6, 6.07) is 1.65. The van der Waals surface area contributed by atoms with E-state index in [4.69, 9.17) is 0 Å². The van der Waals surface area contributed by atoms with Crippen LogP contribution in [0, 0.1) is 0 Å². The van der Waals surface area contributed by atoms with Crippen LogP contribution in [-0.4, -0.2) is 19.1 Å². The minimum absolute atomic E-state index is 0.245. The number of nitrogens with zero attached hydrogens (tertiary/aromatic N) is 2. The van der Waals surface area contributed by atoms with E-state index in [9.17, 15) is 8.42 Å². The molecule has 0 bridgehead atoms. The van der Waals surface area contributed by atoms with Crippen LogP contribution in [0.5, 0.6) is 0 Å². The standard InChI is InChI=1S/C9H10N2O2S/c1-3-7-4-8-9(10-5-7)6(2)11-14(8,12)13/h4-5H,3H2,1-2H3. The first-order chi connectivity index (χ1) is 6.54. The molecule has 0 amide bonds. The molecular weight excluding hydrogens is 200 g/mol. The van der Waals surface area contributed by atoms with Crippen molar-refractivity contribution in [2.24, 2.45) is 4.40 Å². The highest BCUT2D eigenvalue weighted by Crippen LogP contribution is 2.25. The Kier molecular flexibility index (Phi) is 1.92. The minimum atomic E-state index is -3.46. The van der Waals surface area contributed by atoms with Crippen LogP contribution in [0.25, 0.3) is 0 Å². The van der Waals surface area contributed by atoms with E-state index in [1.54, 1.807) is 19.2 Å². The fraction of sp³-hybridized carbons (Fsp3) is 0.333. The van der Waals surface area contributed by atoms with E-state index in [2.05, 4.69) is 9.38 Å². The highest BCUT2D eigenvalue weighted by atomic mass is 32.2. The van der Waals surface area contributed by atoms with E-state index in [0.29, 0.717) is 11.4 Å². The number of rotatable bonds is 1. The number of hydrogen-bond acceptors (Lipinski definition) is 3. The van der Waals surface area contributed by atoms with Crippen LogP contribution in [0.1, 0.15) is 25.1 Å². The first-order valence-electron chi connectivity index (χ1n) is 4.35. The van der Waals surface area contributed by atoms with E-state index >= 15 is 0 Å². The van der Waals surface area contributed by atoms with Gasteiger partial charge in [0.1, 0.15) is 10.6 Å². The average Bonchev–Trinajstić information content (AvgIpc) is 2.37. The van der Waals surface area contributed by atoms with Gasteiger partial charge in [-0.2, -0.15) is 12.8 Å². The van der Waals surface area contributed by atoms with Gasteiger partial charge in [-0.05, 0) is 25.0 Å². The van der Waals surface area contributed by atoms with Gasteiger partial charge in [0.25, 0.3) is 10.0 Å². The van der Waals surface area contributed by atoms with Crippen LogP contribution in [-0.2, 0) is 16.4 Å². The molecule has 0 unspecified atom stereocenters. The third-order valence-electron chi connectivity index (χ3n) is 2.20. The Morgan fingerprint density at radius 3 is 2.79 bits per heavy atom. The van der Waals surface area contributed by atoms with Crippen LogP contribution in [0.2, 0.25) is 0 Å². The lowest BCUT2D eigenvalue weighted by Gasteiger charge is -1.99. The molecule has 0 aromatic carbocycles. The van der Waals surface area contributed by atoms with Gasteiger partial charge in [-0.3, -0.25) is 4.98 Å². The van der Waals surface area contributed by atoms with Crippen LogP contribution in [0.15, 0.2) is 21.6 Å². The predicted octanol–water partition coefficient (Wildman–Crippen LogP) is 1.16. The van der Waals surface area contributed by atoms with Gasteiger partial charge in [0, 0.05) is 6.20 Å². The maximum absolute atomic E-state index is 11.5. The van der Waals surface area contributed by atoms with Crippen molar-refractivity contribution in [1.29, 1.82) is 0 Å². The van der Waals surface area contributed by atoms with Gasteiger partial charge in [-0.25, -0.2) is 0 Å². The van der Waals surface area contributed by atoms with Crippen molar-refractivity contribution in [2.75, 3.05) is 0 Å². The van der Waals surface area contributed by atoms with E-state index in [-0.39, 0.29) is 4.90 Å². The second kappa shape index (κ2) is 2.88. The molecule has 5 heteroatoms. The first-order valence-corrected chi connectivity index (χ1v) is 5.79. The molecule has 2 rings (SSSR count). The lowest BCUT2D eigenvalue weighted by atomic mass is 10.2. The van der Waals surface area contributed by atoms with Crippen molar-refractivity contribution in [3.8, 4) is 0 Å². The van der Waals surface area contributed by atoms with Crippen molar-refractivity contribution in [2.45, 2.75) is 25.2 Å². The van der Waals surface area contributed by atoms with Crippen molar-refractivity contribution in [1.82, 2.24) is 4.98 Å². The summed E-state index contributed by atoms with van der Waals surface area (Å²) in [5, 5.41) is 0. The highest BCUT2D eigenvalue weighted by Gasteiger charge is 2.27. The Balaban J connectivity index is 2.72. The van der Waals surface area contributed by atoms with Gasteiger partial charge >= 0.3 is 0 Å². The summed E-state index contributed by atoms with van der Waals surface area (Å²) < 4.78 is 26.6. The Labute approximate surface area is 82.8 Å². The highest BCUT2D eigenvalue weighted by molar-refractivity contribution is 7.90. The SMILES string of the molecule is CCc1cnc2c(c1)S(=O)(=O)N=C2C. The first kappa shape index (κ1) is 9.33. The number of pyridine rings is 1. The molecule has 0 radical (unpaired) electrons. The lowest BCUT2D eigenvalue weighted by Crippen LogP contribution is -1.99. The molecule has 0 N–H and O–H groups in total. The fourth-order valence-electron chi connectivity index (χ4n) is 1.42. The topological polar surface area (TPSA) is 59.4 Å². The zero-order valence-electron chi connectivity index (χ0n) is 7.98. The smallest absolute Gasteiger partial charge is 0.253 e. The Morgan fingerprint density at radius 1 is 1.43 bits per heavy atom. The van der Waals surface area contributed by atoms with Gasteiger partial charge in [-0.15, -0.1) is 0 Å². The molecule has 0 aliphatic carbocycles. The molecule has 0 saturated heterocycles. The molecule has 0 spiro atoms. The van der Waals surface area contributed by atoms with Gasteiger partial charge < -0.3 is 0 Å². The molecule has 1 aromatic heterocycles. The maximum atomic E-state index is 11.5. The van der Waals surface area contributed by atoms with Crippen LogP contribution < -0.4 is 0 Å². The molecule has 0 fully saturated rings. The second-order valence-corrected chi connectivity index (χ2v) is 4.77. The summed E-state index contributed by atoms with van der Waals surface area (Å²) in [6.07, 6.45) is 2.47. The lowest BCUT2D eigenvalue weighted by molar-refractivity contribution is 0.599. The summed E-state index contributed by atoms with van der Waals surface area (Å²) in [7, 11) is -3.46. The molecule has 1 aliphatic heterocycles. The van der Waals surface area contributed by atoms with E-state index in [0.717, 1.165) is 12.0 Å². The molecular formula is C9H10N2O2S. The van der Waals surface area contributed by atoms with Gasteiger partial charge in [0.15, 0.2) is 0 Å². The normalized spacial score (nSPS) is 17.7. The molecule has 0 saturated carbocycles. The second-order valence-electron chi connectivity index (χ2n) is 3.20. The van der Waals surface area contributed by atoms with Crippen molar-refractivity contribution in [3.63, 3.8) is 0 Å².